The van der Waals surface area contributed by atoms with Crippen LogP contribution in [0.15, 0.2) is 66.7 Å². The van der Waals surface area contributed by atoms with Gasteiger partial charge < -0.3 is 19.9 Å². The van der Waals surface area contributed by atoms with Crippen LogP contribution in [0.5, 0.6) is 17.2 Å². The summed E-state index contributed by atoms with van der Waals surface area (Å²) in [4.78, 5) is 29.7. The van der Waals surface area contributed by atoms with E-state index in [0.29, 0.717) is 40.2 Å². The van der Waals surface area contributed by atoms with E-state index < -0.39 is 23.4 Å². The molecule has 4 rings (SSSR count). The van der Waals surface area contributed by atoms with Crippen LogP contribution >= 0.6 is 0 Å². The van der Waals surface area contributed by atoms with Crippen molar-refractivity contribution in [2.24, 2.45) is 0 Å². The van der Waals surface area contributed by atoms with Crippen molar-refractivity contribution in [2.75, 3.05) is 19.1 Å². The molecule has 0 spiro atoms. The number of anilines is 1. The molecule has 1 atom stereocenters. The zero-order valence-electron chi connectivity index (χ0n) is 22.7. The van der Waals surface area contributed by atoms with E-state index >= 15 is 0 Å². The number of carbonyl (C=O) groups is 2. The third-order valence-electron chi connectivity index (χ3n) is 6.68. The monoisotopic (exact) mass is 531 g/mol. The van der Waals surface area contributed by atoms with Gasteiger partial charge in [-0.3, -0.25) is 14.5 Å². The number of phenols is 1. The van der Waals surface area contributed by atoms with Gasteiger partial charge in [-0.2, -0.15) is 0 Å². The standard InChI is InChI=1S/C29H33N5O5/c1-6-29(2,3)30-28(37)27(19-11-13-20(35)14-12-19)34(24-17-21(38-4)15-16-25(24)39-5)26(36)18-33-23-10-8-7-9-22(23)31-32-33/h7-17,27,35H,6,18H2,1-5H3,(H,30,37). The van der Waals surface area contributed by atoms with E-state index in [9.17, 15) is 14.7 Å². The van der Waals surface area contributed by atoms with E-state index in [-0.39, 0.29) is 12.3 Å². The molecule has 10 nitrogen and oxygen atoms in total. The molecule has 0 fully saturated rings. The van der Waals surface area contributed by atoms with Gasteiger partial charge in [0.2, 0.25) is 11.8 Å². The number of aromatic nitrogens is 3. The Morgan fingerprint density at radius 2 is 1.77 bits per heavy atom. The molecule has 1 heterocycles. The second-order valence-electron chi connectivity index (χ2n) is 9.76. The normalized spacial score (nSPS) is 12.1. The highest BCUT2D eigenvalue weighted by atomic mass is 16.5. The van der Waals surface area contributed by atoms with Gasteiger partial charge in [0.25, 0.3) is 0 Å². The number of phenolic OH excluding ortho intramolecular Hbond substituents is 1. The largest absolute Gasteiger partial charge is 0.508 e. The summed E-state index contributed by atoms with van der Waals surface area (Å²) in [6, 6.07) is 17.5. The number of methoxy groups -OCH3 is 2. The minimum absolute atomic E-state index is 0.0396. The quantitative estimate of drug-likeness (QED) is 0.314. The molecule has 1 aromatic heterocycles. The fraction of sp³-hybridized carbons (Fsp3) is 0.310. The lowest BCUT2D eigenvalue weighted by Crippen LogP contribution is -2.51. The molecule has 1 unspecified atom stereocenters. The Morgan fingerprint density at radius 1 is 1.05 bits per heavy atom. The number of fused-ring (bicyclic) bond motifs is 1. The Kier molecular flexibility index (Phi) is 8.04. The molecule has 2 N–H and O–H groups in total. The van der Waals surface area contributed by atoms with Crippen molar-refractivity contribution in [3.8, 4) is 17.2 Å². The van der Waals surface area contributed by atoms with Crippen LogP contribution in [-0.4, -0.2) is 51.7 Å². The molecule has 2 amide bonds. The topological polar surface area (TPSA) is 119 Å². The van der Waals surface area contributed by atoms with E-state index in [4.69, 9.17) is 9.47 Å². The SMILES string of the molecule is CCC(C)(C)NC(=O)C(c1ccc(O)cc1)N(C(=O)Cn1nnc2ccccc21)c1cc(OC)ccc1OC. The predicted octanol–water partition coefficient (Wildman–Crippen LogP) is 4.23. The number of carbonyl (C=O) groups excluding carboxylic acids is 2. The highest BCUT2D eigenvalue weighted by molar-refractivity contribution is 6.03. The fourth-order valence-electron chi connectivity index (χ4n) is 4.21. The molecule has 0 aliphatic heterocycles. The van der Waals surface area contributed by atoms with Gasteiger partial charge in [-0.25, -0.2) is 4.68 Å². The molecule has 0 saturated heterocycles. The van der Waals surface area contributed by atoms with Gasteiger partial charge in [-0.15, -0.1) is 5.10 Å². The summed E-state index contributed by atoms with van der Waals surface area (Å²) in [5.41, 5.74) is 1.63. The molecule has 0 aliphatic rings. The number of benzene rings is 3. The van der Waals surface area contributed by atoms with Gasteiger partial charge in [-0.05, 0) is 62.2 Å². The van der Waals surface area contributed by atoms with Gasteiger partial charge in [0.1, 0.15) is 35.4 Å². The number of hydrogen-bond donors (Lipinski definition) is 2. The number of hydrogen-bond acceptors (Lipinski definition) is 7. The first-order valence-corrected chi connectivity index (χ1v) is 12.6. The Morgan fingerprint density at radius 3 is 2.44 bits per heavy atom. The second-order valence-corrected chi connectivity index (χ2v) is 9.76. The summed E-state index contributed by atoms with van der Waals surface area (Å²) in [6.07, 6.45) is 0.669. The van der Waals surface area contributed by atoms with Crippen molar-refractivity contribution < 1.29 is 24.2 Å². The van der Waals surface area contributed by atoms with Gasteiger partial charge in [-0.1, -0.05) is 36.4 Å². The van der Waals surface area contributed by atoms with Crippen LogP contribution in [0.25, 0.3) is 11.0 Å². The van der Waals surface area contributed by atoms with E-state index in [2.05, 4.69) is 15.6 Å². The Hall–Kier alpha value is -4.60. The van der Waals surface area contributed by atoms with Gasteiger partial charge >= 0.3 is 0 Å². The molecule has 204 valence electrons. The third kappa shape index (κ3) is 5.95. The maximum absolute atomic E-state index is 14.3. The maximum atomic E-state index is 14.3. The zero-order chi connectivity index (χ0) is 28.2. The predicted molar refractivity (Wildman–Crippen MR) is 148 cm³/mol. The lowest BCUT2D eigenvalue weighted by atomic mass is 9.98. The summed E-state index contributed by atoms with van der Waals surface area (Å²) in [5.74, 6) is 0.0687. The molecule has 0 bridgehead atoms. The Balaban J connectivity index is 1.90. The smallest absolute Gasteiger partial charge is 0.249 e. The first kappa shape index (κ1) is 27.4. The second kappa shape index (κ2) is 11.4. The number of rotatable bonds is 10. The molecule has 4 aromatic rings. The molecule has 3 aromatic carbocycles. The summed E-state index contributed by atoms with van der Waals surface area (Å²) < 4.78 is 12.6. The average Bonchev–Trinajstić information content (AvgIpc) is 3.34. The number of ether oxygens (including phenoxy) is 2. The highest BCUT2D eigenvalue weighted by Gasteiger charge is 2.37. The summed E-state index contributed by atoms with van der Waals surface area (Å²) in [7, 11) is 3.02. The highest BCUT2D eigenvalue weighted by Crippen LogP contribution is 2.38. The van der Waals surface area contributed by atoms with Crippen molar-refractivity contribution in [3.63, 3.8) is 0 Å². The van der Waals surface area contributed by atoms with Crippen LogP contribution < -0.4 is 19.7 Å². The first-order chi connectivity index (χ1) is 18.7. The van der Waals surface area contributed by atoms with Gasteiger partial charge in [0, 0.05) is 11.6 Å². The summed E-state index contributed by atoms with van der Waals surface area (Å²) in [5, 5.41) is 21.4. The van der Waals surface area contributed by atoms with Crippen molar-refractivity contribution in [3.05, 3.63) is 72.3 Å². The Labute approximate surface area is 227 Å². The van der Waals surface area contributed by atoms with E-state index in [1.807, 2.05) is 45.0 Å². The van der Waals surface area contributed by atoms with Crippen molar-refractivity contribution >= 4 is 28.5 Å². The van der Waals surface area contributed by atoms with Crippen LogP contribution in [0.1, 0.15) is 38.8 Å². The molecule has 10 heteroatoms. The molecular weight excluding hydrogens is 498 g/mol. The maximum Gasteiger partial charge on any atom is 0.249 e. The number of aromatic hydroxyl groups is 1. The minimum atomic E-state index is -1.11. The minimum Gasteiger partial charge on any atom is -0.508 e. The third-order valence-corrected chi connectivity index (χ3v) is 6.68. The lowest BCUT2D eigenvalue weighted by Gasteiger charge is -2.35. The number of amides is 2. The molecule has 0 radical (unpaired) electrons. The number of nitrogens with zero attached hydrogens (tertiary/aromatic N) is 4. The van der Waals surface area contributed by atoms with Crippen molar-refractivity contribution in [1.29, 1.82) is 0 Å². The molecule has 0 saturated carbocycles. The van der Waals surface area contributed by atoms with Crippen molar-refractivity contribution in [2.45, 2.75) is 45.3 Å². The average molecular weight is 532 g/mol. The lowest BCUT2D eigenvalue weighted by molar-refractivity contribution is -0.128. The zero-order valence-corrected chi connectivity index (χ0v) is 22.7. The van der Waals surface area contributed by atoms with Gasteiger partial charge in [0.15, 0.2) is 0 Å². The van der Waals surface area contributed by atoms with Gasteiger partial charge in [0.05, 0.1) is 25.4 Å². The van der Waals surface area contributed by atoms with E-state index in [0.717, 1.165) is 0 Å². The Bertz CT molecular complexity index is 1460. The van der Waals surface area contributed by atoms with Crippen molar-refractivity contribution in [1.82, 2.24) is 20.3 Å². The van der Waals surface area contributed by atoms with E-state index in [1.165, 1.54) is 35.9 Å². The molecule has 0 aliphatic carbocycles. The van der Waals surface area contributed by atoms with Crippen LogP contribution in [0.2, 0.25) is 0 Å². The number of nitrogens with one attached hydrogen (secondary N) is 1. The summed E-state index contributed by atoms with van der Waals surface area (Å²) >= 11 is 0. The first-order valence-electron chi connectivity index (χ1n) is 12.6. The van der Waals surface area contributed by atoms with Crippen LogP contribution in [-0.2, 0) is 16.1 Å². The fourth-order valence-corrected chi connectivity index (χ4v) is 4.21. The molecule has 39 heavy (non-hydrogen) atoms. The van der Waals surface area contributed by atoms with Crippen LogP contribution in [0, 0.1) is 0 Å². The van der Waals surface area contributed by atoms with Crippen LogP contribution in [0.4, 0.5) is 5.69 Å². The van der Waals surface area contributed by atoms with Crippen LogP contribution in [0.3, 0.4) is 0 Å². The number of para-hydroxylation sites is 1. The molecular formula is C29H33N5O5. The van der Waals surface area contributed by atoms with E-state index in [1.54, 1.807) is 30.3 Å². The summed E-state index contributed by atoms with van der Waals surface area (Å²) in [6.45, 7) is 5.61.